The summed E-state index contributed by atoms with van der Waals surface area (Å²) < 4.78 is 7.76. The van der Waals surface area contributed by atoms with E-state index < -0.39 is 5.97 Å². The molecule has 0 saturated heterocycles. The normalized spacial score (nSPS) is 14.2. The molecule has 110 valence electrons. The molecule has 0 unspecified atom stereocenters. The SMILES string of the molecule is CCOC(=O)c1nnn(Cc2cncc(Br)c2)c1C1CC1. The second-order valence-electron chi connectivity index (χ2n) is 4.99. The van der Waals surface area contributed by atoms with Gasteiger partial charge in [0.05, 0.1) is 18.8 Å². The Bertz CT molecular complexity index is 667. The van der Waals surface area contributed by atoms with Crippen LogP contribution in [0.25, 0.3) is 0 Å². The zero-order valence-electron chi connectivity index (χ0n) is 11.6. The first-order valence-corrected chi connectivity index (χ1v) is 7.68. The third-order valence-corrected chi connectivity index (χ3v) is 3.73. The Hall–Kier alpha value is -1.76. The van der Waals surface area contributed by atoms with Gasteiger partial charge in [-0.1, -0.05) is 5.21 Å². The highest BCUT2D eigenvalue weighted by molar-refractivity contribution is 9.10. The van der Waals surface area contributed by atoms with Crippen LogP contribution in [0.5, 0.6) is 0 Å². The van der Waals surface area contributed by atoms with Crippen molar-refractivity contribution in [3.8, 4) is 0 Å². The number of hydrogen-bond donors (Lipinski definition) is 0. The highest BCUT2D eigenvalue weighted by Gasteiger charge is 2.34. The van der Waals surface area contributed by atoms with Crippen molar-refractivity contribution in [1.82, 2.24) is 20.0 Å². The van der Waals surface area contributed by atoms with Crippen LogP contribution in [0.2, 0.25) is 0 Å². The van der Waals surface area contributed by atoms with Crippen LogP contribution in [0.3, 0.4) is 0 Å². The predicted octanol–water partition coefficient (Wildman–Crippen LogP) is 2.54. The minimum atomic E-state index is -0.391. The van der Waals surface area contributed by atoms with Crippen LogP contribution in [0.1, 0.15) is 47.4 Å². The summed E-state index contributed by atoms with van der Waals surface area (Å²) in [5, 5.41) is 8.15. The molecule has 0 atom stereocenters. The molecule has 6 nitrogen and oxygen atoms in total. The fourth-order valence-electron chi connectivity index (χ4n) is 2.26. The van der Waals surface area contributed by atoms with Gasteiger partial charge in [-0.3, -0.25) is 4.98 Å². The standard InChI is InChI=1S/C14H15BrN4O2/c1-2-21-14(20)12-13(10-3-4-10)19(18-17-12)8-9-5-11(15)7-16-6-9/h5-7,10H,2-4,8H2,1H3. The van der Waals surface area contributed by atoms with Crippen LogP contribution in [0, 0.1) is 0 Å². The molecule has 0 N–H and O–H groups in total. The number of halogens is 1. The van der Waals surface area contributed by atoms with Crippen molar-refractivity contribution < 1.29 is 9.53 Å². The van der Waals surface area contributed by atoms with Crippen molar-refractivity contribution in [2.45, 2.75) is 32.2 Å². The molecule has 2 aromatic rings. The van der Waals surface area contributed by atoms with E-state index >= 15 is 0 Å². The quantitative estimate of drug-likeness (QED) is 0.775. The monoisotopic (exact) mass is 350 g/mol. The minimum absolute atomic E-state index is 0.339. The largest absolute Gasteiger partial charge is 0.461 e. The summed E-state index contributed by atoms with van der Waals surface area (Å²) in [5.41, 5.74) is 2.24. The van der Waals surface area contributed by atoms with E-state index in [9.17, 15) is 4.79 Å². The molecule has 1 aliphatic carbocycles. The van der Waals surface area contributed by atoms with E-state index in [0.29, 0.717) is 24.8 Å². The van der Waals surface area contributed by atoms with Crippen LogP contribution in [0.4, 0.5) is 0 Å². The molecule has 1 saturated carbocycles. The van der Waals surface area contributed by atoms with Gasteiger partial charge in [-0.2, -0.15) is 0 Å². The lowest BCUT2D eigenvalue weighted by atomic mass is 10.2. The van der Waals surface area contributed by atoms with Gasteiger partial charge in [-0.05, 0) is 47.3 Å². The molecule has 0 amide bonds. The summed E-state index contributed by atoms with van der Waals surface area (Å²) in [7, 11) is 0. The number of rotatable bonds is 5. The second kappa shape index (κ2) is 5.93. The fourth-order valence-corrected chi connectivity index (χ4v) is 2.67. The van der Waals surface area contributed by atoms with Gasteiger partial charge in [-0.25, -0.2) is 9.48 Å². The molecular formula is C14H15BrN4O2. The maximum atomic E-state index is 12.0. The van der Waals surface area contributed by atoms with E-state index in [1.54, 1.807) is 24.0 Å². The van der Waals surface area contributed by atoms with Crippen LogP contribution < -0.4 is 0 Å². The molecular weight excluding hydrogens is 336 g/mol. The summed E-state index contributed by atoms with van der Waals surface area (Å²) in [6.07, 6.45) is 5.65. The van der Waals surface area contributed by atoms with E-state index in [2.05, 4.69) is 31.2 Å². The lowest BCUT2D eigenvalue weighted by molar-refractivity contribution is 0.0518. The van der Waals surface area contributed by atoms with Gasteiger partial charge in [0.2, 0.25) is 0 Å². The molecule has 0 bridgehead atoms. The summed E-state index contributed by atoms with van der Waals surface area (Å²) in [4.78, 5) is 16.1. The third-order valence-electron chi connectivity index (χ3n) is 3.30. The molecule has 1 aliphatic rings. The second-order valence-corrected chi connectivity index (χ2v) is 5.90. The first kappa shape index (κ1) is 14.2. The van der Waals surface area contributed by atoms with Crippen molar-refractivity contribution in [2.75, 3.05) is 6.61 Å². The third kappa shape index (κ3) is 3.12. The van der Waals surface area contributed by atoms with Crippen molar-refractivity contribution in [3.05, 3.63) is 39.9 Å². The number of nitrogens with zero attached hydrogens (tertiary/aromatic N) is 4. The van der Waals surface area contributed by atoms with E-state index in [1.807, 2.05) is 6.07 Å². The van der Waals surface area contributed by atoms with Gasteiger partial charge in [0.25, 0.3) is 0 Å². The molecule has 2 aromatic heterocycles. The summed E-state index contributed by atoms with van der Waals surface area (Å²) in [6, 6.07) is 1.98. The Balaban J connectivity index is 1.90. The average molecular weight is 351 g/mol. The van der Waals surface area contributed by atoms with Gasteiger partial charge < -0.3 is 4.74 Å². The smallest absolute Gasteiger partial charge is 0.360 e. The highest BCUT2D eigenvalue weighted by atomic mass is 79.9. The number of pyridine rings is 1. The van der Waals surface area contributed by atoms with Crippen molar-refractivity contribution in [3.63, 3.8) is 0 Å². The zero-order chi connectivity index (χ0) is 14.8. The average Bonchev–Trinajstić information content (AvgIpc) is 3.20. The Morgan fingerprint density at radius 2 is 2.29 bits per heavy atom. The van der Waals surface area contributed by atoms with Gasteiger partial charge in [0.15, 0.2) is 5.69 Å². The first-order valence-electron chi connectivity index (χ1n) is 6.89. The number of carbonyl (C=O) groups excluding carboxylic acids is 1. The van der Waals surface area contributed by atoms with Crippen LogP contribution >= 0.6 is 15.9 Å². The van der Waals surface area contributed by atoms with E-state index in [-0.39, 0.29) is 0 Å². The Morgan fingerprint density at radius 1 is 1.48 bits per heavy atom. The van der Waals surface area contributed by atoms with Crippen LogP contribution in [0.15, 0.2) is 22.9 Å². The summed E-state index contributed by atoms with van der Waals surface area (Å²) in [6.45, 7) is 2.67. The highest BCUT2D eigenvalue weighted by Crippen LogP contribution is 2.41. The number of aromatic nitrogens is 4. The molecule has 2 heterocycles. The summed E-state index contributed by atoms with van der Waals surface area (Å²) in [5.74, 6) is -0.0301. The van der Waals surface area contributed by atoms with Crippen LogP contribution in [-0.2, 0) is 11.3 Å². The van der Waals surface area contributed by atoms with Gasteiger partial charge >= 0.3 is 5.97 Å². The fraction of sp³-hybridized carbons (Fsp3) is 0.429. The number of esters is 1. The molecule has 21 heavy (non-hydrogen) atoms. The van der Waals surface area contributed by atoms with Crippen molar-refractivity contribution >= 4 is 21.9 Å². The lowest BCUT2D eigenvalue weighted by Crippen LogP contribution is -2.11. The Labute approximate surface area is 130 Å². The Morgan fingerprint density at radius 3 is 2.95 bits per heavy atom. The number of ether oxygens (including phenoxy) is 1. The topological polar surface area (TPSA) is 69.9 Å². The number of hydrogen-bond acceptors (Lipinski definition) is 5. The molecule has 0 aliphatic heterocycles. The summed E-state index contributed by atoms with van der Waals surface area (Å²) >= 11 is 3.40. The number of carbonyl (C=O) groups is 1. The lowest BCUT2D eigenvalue weighted by Gasteiger charge is -2.07. The van der Waals surface area contributed by atoms with Gasteiger partial charge in [0.1, 0.15) is 0 Å². The first-order chi connectivity index (χ1) is 10.2. The molecule has 0 spiro atoms. The minimum Gasteiger partial charge on any atom is -0.461 e. The van der Waals surface area contributed by atoms with Gasteiger partial charge in [-0.15, -0.1) is 5.10 Å². The van der Waals surface area contributed by atoms with Crippen LogP contribution in [-0.4, -0.2) is 32.6 Å². The van der Waals surface area contributed by atoms with Crippen molar-refractivity contribution in [1.29, 1.82) is 0 Å². The maximum absolute atomic E-state index is 12.0. The molecule has 3 rings (SSSR count). The van der Waals surface area contributed by atoms with Crippen molar-refractivity contribution in [2.24, 2.45) is 0 Å². The molecule has 0 radical (unpaired) electrons. The predicted molar refractivity (Wildman–Crippen MR) is 79.0 cm³/mol. The van der Waals surface area contributed by atoms with E-state index in [0.717, 1.165) is 28.6 Å². The molecule has 1 fully saturated rings. The molecule has 7 heteroatoms. The Kier molecular flexibility index (Phi) is 4.01. The van der Waals surface area contributed by atoms with E-state index in [4.69, 9.17) is 4.74 Å². The molecule has 0 aromatic carbocycles. The maximum Gasteiger partial charge on any atom is 0.360 e. The van der Waals surface area contributed by atoms with Gasteiger partial charge in [0, 0.05) is 22.8 Å². The zero-order valence-corrected chi connectivity index (χ0v) is 13.2. The van der Waals surface area contributed by atoms with E-state index in [1.165, 1.54) is 0 Å².